The van der Waals surface area contributed by atoms with Crippen molar-refractivity contribution < 1.29 is 20.1 Å². The average Bonchev–Trinajstić information content (AvgIpc) is 2.66. The van der Waals surface area contributed by atoms with Gasteiger partial charge in [0.2, 0.25) is 5.91 Å². The normalized spacial score (nSPS) is 28.9. The fourth-order valence-electron chi connectivity index (χ4n) is 2.63. The number of nitrogens with zero attached hydrogens (tertiary/aromatic N) is 2. The van der Waals surface area contributed by atoms with Crippen LogP contribution in [0.2, 0.25) is 0 Å². The van der Waals surface area contributed by atoms with E-state index in [1.807, 2.05) is 0 Å². The number of amides is 1. The standard InChI is InChI=1S/C12H17N3O6/c1-5-3-14(12(21)13-10(5)20)11-9(19)8(18)7(4-16)15(11)6(2)17/h3,7-9,11,16,18-19H,4H2,1-2H3,(H,13,20,21)/t7-,8-,9-,11+/m0/s1. The van der Waals surface area contributed by atoms with Gasteiger partial charge >= 0.3 is 5.69 Å². The maximum absolute atomic E-state index is 11.9. The maximum atomic E-state index is 11.9. The first-order chi connectivity index (χ1) is 9.79. The van der Waals surface area contributed by atoms with Crippen molar-refractivity contribution in [3.05, 3.63) is 32.6 Å². The average molecular weight is 299 g/mol. The third-order valence-electron chi connectivity index (χ3n) is 3.67. The number of aromatic amines is 1. The van der Waals surface area contributed by atoms with Gasteiger partial charge in [-0.1, -0.05) is 0 Å². The lowest BCUT2D eigenvalue weighted by Crippen LogP contribution is -2.46. The Morgan fingerprint density at radius 2 is 1.95 bits per heavy atom. The molecule has 1 fully saturated rings. The van der Waals surface area contributed by atoms with Gasteiger partial charge in [0.1, 0.15) is 18.4 Å². The molecule has 1 aromatic heterocycles. The Morgan fingerprint density at radius 3 is 2.48 bits per heavy atom. The number of likely N-dealkylation sites (tertiary alicyclic amines) is 1. The minimum absolute atomic E-state index is 0.215. The number of aliphatic hydroxyl groups is 3. The first-order valence-corrected chi connectivity index (χ1v) is 6.37. The van der Waals surface area contributed by atoms with Crippen molar-refractivity contribution in [2.75, 3.05) is 6.61 Å². The molecule has 0 bridgehead atoms. The van der Waals surface area contributed by atoms with E-state index in [0.717, 1.165) is 9.47 Å². The van der Waals surface area contributed by atoms with E-state index in [2.05, 4.69) is 4.98 Å². The lowest BCUT2D eigenvalue weighted by molar-refractivity contribution is -0.136. The number of H-pyrrole nitrogens is 1. The smallest absolute Gasteiger partial charge is 0.330 e. The molecule has 2 rings (SSSR count). The van der Waals surface area contributed by atoms with Crippen molar-refractivity contribution in [2.24, 2.45) is 0 Å². The summed E-state index contributed by atoms with van der Waals surface area (Å²) in [6.07, 6.45) is -2.85. The first kappa shape index (κ1) is 15.4. The van der Waals surface area contributed by atoms with Gasteiger partial charge in [-0.15, -0.1) is 0 Å². The van der Waals surface area contributed by atoms with Crippen molar-refractivity contribution >= 4 is 5.91 Å². The summed E-state index contributed by atoms with van der Waals surface area (Å²) in [5, 5.41) is 29.3. The molecule has 0 aromatic carbocycles. The van der Waals surface area contributed by atoms with Crippen LogP contribution in [0.5, 0.6) is 0 Å². The van der Waals surface area contributed by atoms with Crippen molar-refractivity contribution in [1.82, 2.24) is 14.5 Å². The van der Waals surface area contributed by atoms with Crippen molar-refractivity contribution in [1.29, 1.82) is 0 Å². The highest BCUT2D eigenvalue weighted by molar-refractivity contribution is 5.74. The molecule has 1 amide bonds. The topological polar surface area (TPSA) is 136 Å². The largest absolute Gasteiger partial charge is 0.394 e. The van der Waals surface area contributed by atoms with Crippen LogP contribution < -0.4 is 11.2 Å². The second-order valence-corrected chi connectivity index (χ2v) is 5.05. The lowest BCUT2D eigenvalue weighted by Gasteiger charge is -2.29. The van der Waals surface area contributed by atoms with Crippen LogP contribution in [0.1, 0.15) is 18.7 Å². The Balaban J connectivity index is 2.60. The van der Waals surface area contributed by atoms with E-state index < -0.39 is 48.2 Å². The van der Waals surface area contributed by atoms with Crippen LogP contribution in [0, 0.1) is 6.92 Å². The maximum Gasteiger partial charge on any atom is 0.330 e. The lowest BCUT2D eigenvalue weighted by atomic mass is 10.1. The zero-order valence-electron chi connectivity index (χ0n) is 11.6. The second kappa shape index (κ2) is 5.43. The fourth-order valence-corrected chi connectivity index (χ4v) is 2.63. The van der Waals surface area contributed by atoms with Crippen molar-refractivity contribution in [3.63, 3.8) is 0 Å². The molecule has 0 aliphatic carbocycles. The number of aromatic nitrogens is 2. The molecule has 1 saturated heterocycles. The number of aliphatic hydroxyl groups excluding tert-OH is 3. The molecule has 0 unspecified atom stereocenters. The van der Waals surface area contributed by atoms with Crippen LogP contribution in [0.4, 0.5) is 0 Å². The minimum atomic E-state index is -1.46. The number of aryl methyl sites for hydroxylation is 1. The van der Waals surface area contributed by atoms with E-state index in [1.165, 1.54) is 20.0 Å². The van der Waals surface area contributed by atoms with Crippen LogP contribution in [0.25, 0.3) is 0 Å². The van der Waals surface area contributed by atoms with Gasteiger partial charge < -0.3 is 20.2 Å². The van der Waals surface area contributed by atoms with Gasteiger partial charge in [0.05, 0.1) is 12.6 Å². The van der Waals surface area contributed by atoms with E-state index in [1.54, 1.807) is 0 Å². The number of hydrogen-bond acceptors (Lipinski definition) is 6. The molecule has 4 N–H and O–H groups in total. The van der Waals surface area contributed by atoms with Gasteiger partial charge in [-0.25, -0.2) is 4.79 Å². The van der Waals surface area contributed by atoms with E-state index in [-0.39, 0.29) is 5.56 Å². The van der Waals surface area contributed by atoms with Crippen LogP contribution >= 0.6 is 0 Å². The van der Waals surface area contributed by atoms with E-state index in [9.17, 15) is 29.7 Å². The van der Waals surface area contributed by atoms with Gasteiger partial charge in [-0.05, 0) is 6.92 Å². The van der Waals surface area contributed by atoms with Gasteiger partial charge in [-0.2, -0.15) is 0 Å². The quantitative estimate of drug-likeness (QED) is 0.469. The highest BCUT2D eigenvalue weighted by Crippen LogP contribution is 2.32. The minimum Gasteiger partial charge on any atom is -0.394 e. The molecule has 9 heteroatoms. The Morgan fingerprint density at radius 1 is 1.33 bits per heavy atom. The number of carbonyl (C=O) groups excluding carboxylic acids is 1. The number of carbonyl (C=O) groups is 1. The molecule has 1 aromatic rings. The van der Waals surface area contributed by atoms with Crippen LogP contribution in [0.3, 0.4) is 0 Å². The molecular formula is C12H17N3O6. The molecule has 0 spiro atoms. The van der Waals surface area contributed by atoms with Crippen molar-refractivity contribution in [3.8, 4) is 0 Å². The zero-order valence-corrected chi connectivity index (χ0v) is 11.6. The van der Waals surface area contributed by atoms with Gasteiger partial charge in [-0.3, -0.25) is 19.1 Å². The molecule has 9 nitrogen and oxygen atoms in total. The number of hydrogen-bond donors (Lipinski definition) is 4. The summed E-state index contributed by atoms with van der Waals surface area (Å²) >= 11 is 0. The van der Waals surface area contributed by atoms with E-state index >= 15 is 0 Å². The van der Waals surface area contributed by atoms with Crippen LogP contribution in [0.15, 0.2) is 15.8 Å². The molecule has 1 aliphatic heterocycles. The monoisotopic (exact) mass is 299 g/mol. The highest BCUT2D eigenvalue weighted by atomic mass is 16.3. The molecule has 0 radical (unpaired) electrons. The highest BCUT2D eigenvalue weighted by Gasteiger charge is 2.50. The molecule has 4 atom stereocenters. The SMILES string of the molecule is CC(=O)N1[C@@H](CO)[C@H](O)[C@H](O)[C@@H]1n1cc(C)c(=O)[nH]c1=O. The molecule has 2 heterocycles. The van der Waals surface area contributed by atoms with Gasteiger partial charge in [0.25, 0.3) is 5.56 Å². The Bertz CT molecular complexity index is 666. The molecule has 21 heavy (non-hydrogen) atoms. The second-order valence-electron chi connectivity index (χ2n) is 5.05. The molecular weight excluding hydrogens is 282 g/mol. The van der Waals surface area contributed by atoms with Crippen LogP contribution in [-0.2, 0) is 4.79 Å². The van der Waals surface area contributed by atoms with E-state index in [0.29, 0.717) is 0 Å². The summed E-state index contributed by atoms with van der Waals surface area (Å²) in [4.78, 5) is 38.2. The Labute approximate surface area is 119 Å². The Kier molecular flexibility index (Phi) is 3.99. The summed E-state index contributed by atoms with van der Waals surface area (Å²) in [6.45, 7) is 2.10. The van der Waals surface area contributed by atoms with Gasteiger partial charge in [0.15, 0.2) is 0 Å². The summed E-state index contributed by atoms with van der Waals surface area (Å²) in [6, 6.07) is -1.03. The first-order valence-electron chi connectivity index (χ1n) is 6.37. The molecule has 0 saturated carbocycles. The van der Waals surface area contributed by atoms with E-state index in [4.69, 9.17) is 0 Å². The number of rotatable bonds is 2. The number of nitrogens with one attached hydrogen (secondary N) is 1. The summed E-state index contributed by atoms with van der Waals surface area (Å²) in [7, 11) is 0. The zero-order chi connectivity index (χ0) is 15.9. The fraction of sp³-hybridized carbons (Fsp3) is 0.583. The predicted molar refractivity (Wildman–Crippen MR) is 70.5 cm³/mol. The molecule has 116 valence electrons. The summed E-state index contributed by atoms with van der Waals surface area (Å²) < 4.78 is 0.974. The van der Waals surface area contributed by atoms with Crippen LogP contribution in [-0.4, -0.2) is 60.5 Å². The van der Waals surface area contributed by atoms with Gasteiger partial charge in [0, 0.05) is 18.7 Å². The third kappa shape index (κ3) is 2.39. The Hall–Kier alpha value is -1.97. The molecule has 1 aliphatic rings. The van der Waals surface area contributed by atoms with Crippen molar-refractivity contribution in [2.45, 2.75) is 38.3 Å². The predicted octanol–water partition coefficient (Wildman–Crippen LogP) is -2.71. The summed E-state index contributed by atoms with van der Waals surface area (Å²) in [5.74, 6) is -0.523. The third-order valence-corrected chi connectivity index (χ3v) is 3.67. The summed E-state index contributed by atoms with van der Waals surface area (Å²) in [5.41, 5.74) is -1.17.